The Kier molecular flexibility index (Phi) is 4.63. The van der Waals surface area contributed by atoms with E-state index >= 15 is 0 Å². The third kappa shape index (κ3) is 3.52. The zero-order chi connectivity index (χ0) is 11.4. The second-order valence-corrected chi connectivity index (χ2v) is 3.63. The standard InChI is InChI=1S/C9H10ClF2NOS/c10-6-3-5(7(13)4-15)1-2-8(6)14-9(11)12/h1-3,7,9,15H,4,13H2. The first-order valence-electron chi connectivity index (χ1n) is 4.15. The van der Waals surface area contributed by atoms with Crippen LogP contribution < -0.4 is 10.5 Å². The summed E-state index contributed by atoms with van der Waals surface area (Å²) in [6, 6.07) is 4.18. The highest BCUT2D eigenvalue weighted by atomic mass is 35.5. The third-order valence-corrected chi connectivity index (χ3v) is 2.49. The van der Waals surface area contributed by atoms with E-state index in [0.717, 1.165) is 5.56 Å². The number of hydrogen-bond acceptors (Lipinski definition) is 3. The monoisotopic (exact) mass is 253 g/mol. The molecule has 1 aromatic rings. The van der Waals surface area contributed by atoms with Crippen molar-refractivity contribution in [2.45, 2.75) is 12.7 Å². The molecule has 1 unspecified atom stereocenters. The number of alkyl halides is 2. The van der Waals surface area contributed by atoms with E-state index in [2.05, 4.69) is 17.4 Å². The van der Waals surface area contributed by atoms with E-state index < -0.39 is 6.61 Å². The van der Waals surface area contributed by atoms with Gasteiger partial charge in [0.05, 0.1) is 5.02 Å². The van der Waals surface area contributed by atoms with Crippen molar-refractivity contribution in [2.75, 3.05) is 5.75 Å². The van der Waals surface area contributed by atoms with Gasteiger partial charge in [-0.15, -0.1) is 0 Å². The second-order valence-electron chi connectivity index (χ2n) is 2.86. The molecule has 1 atom stereocenters. The molecule has 0 radical (unpaired) electrons. The Balaban J connectivity index is 2.88. The molecule has 0 spiro atoms. The smallest absolute Gasteiger partial charge is 0.387 e. The first kappa shape index (κ1) is 12.5. The largest absolute Gasteiger partial charge is 0.433 e. The lowest BCUT2D eigenvalue weighted by Crippen LogP contribution is -2.11. The van der Waals surface area contributed by atoms with Gasteiger partial charge in [0.15, 0.2) is 0 Å². The molecule has 0 fully saturated rings. The van der Waals surface area contributed by atoms with Crippen LogP contribution in [0.1, 0.15) is 11.6 Å². The summed E-state index contributed by atoms with van der Waals surface area (Å²) in [5, 5.41) is 0.116. The van der Waals surface area contributed by atoms with Crippen molar-refractivity contribution in [1.29, 1.82) is 0 Å². The molecule has 2 nitrogen and oxygen atoms in total. The molecule has 6 heteroatoms. The van der Waals surface area contributed by atoms with Gasteiger partial charge in [-0.1, -0.05) is 17.7 Å². The average molecular weight is 254 g/mol. The maximum Gasteiger partial charge on any atom is 0.387 e. The van der Waals surface area contributed by atoms with Crippen molar-refractivity contribution < 1.29 is 13.5 Å². The maximum absolute atomic E-state index is 11.9. The number of nitrogens with two attached hydrogens (primary N) is 1. The van der Waals surface area contributed by atoms with Crippen LogP contribution in [-0.4, -0.2) is 12.4 Å². The van der Waals surface area contributed by atoms with E-state index in [1.54, 1.807) is 6.07 Å². The van der Waals surface area contributed by atoms with Crippen LogP contribution in [0.3, 0.4) is 0 Å². The summed E-state index contributed by atoms with van der Waals surface area (Å²) in [6.45, 7) is -2.88. The van der Waals surface area contributed by atoms with Gasteiger partial charge in [0.2, 0.25) is 0 Å². The summed E-state index contributed by atoms with van der Waals surface area (Å²) in [6.07, 6.45) is 0. The Hall–Kier alpha value is -0.520. The summed E-state index contributed by atoms with van der Waals surface area (Å²) in [5.41, 5.74) is 6.42. The molecule has 0 aliphatic heterocycles. The second kappa shape index (κ2) is 5.53. The predicted molar refractivity (Wildman–Crippen MR) is 58.9 cm³/mol. The van der Waals surface area contributed by atoms with Crippen LogP contribution in [0.25, 0.3) is 0 Å². The molecule has 0 bridgehead atoms. The molecule has 0 saturated carbocycles. The number of ether oxygens (including phenoxy) is 1. The Morgan fingerprint density at radius 1 is 1.47 bits per heavy atom. The fourth-order valence-electron chi connectivity index (χ4n) is 1.04. The Morgan fingerprint density at radius 3 is 2.60 bits per heavy atom. The average Bonchev–Trinajstić information content (AvgIpc) is 2.19. The Morgan fingerprint density at radius 2 is 2.13 bits per heavy atom. The lowest BCUT2D eigenvalue weighted by molar-refractivity contribution is -0.0497. The number of halogens is 3. The van der Waals surface area contributed by atoms with Gasteiger partial charge in [-0.25, -0.2) is 0 Å². The van der Waals surface area contributed by atoms with Crippen molar-refractivity contribution in [2.24, 2.45) is 5.73 Å². The van der Waals surface area contributed by atoms with Gasteiger partial charge in [-0.05, 0) is 17.7 Å². The van der Waals surface area contributed by atoms with Crippen LogP contribution in [0, 0.1) is 0 Å². The van der Waals surface area contributed by atoms with E-state index in [-0.39, 0.29) is 16.8 Å². The van der Waals surface area contributed by atoms with Crippen LogP contribution in [0.15, 0.2) is 18.2 Å². The molecule has 2 N–H and O–H groups in total. The Bertz CT molecular complexity index is 338. The first-order chi connectivity index (χ1) is 7.04. The van der Waals surface area contributed by atoms with Crippen LogP contribution in [0.5, 0.6) is 5.75 Å². The highest BCUT2D eigenvalue weighted by Gasteiger charge is 2.11. The fraction of sp³-hybridized carbons (Fsp3) is 0.333. The van der Waals surface area contributed by atoms with Crippen LogP contribution in [-0.2, 0) is 0 Å². The molecular weight excluding hydrogens is 244 g/mol. The third-order valence-electron chi connectivity index (χ3n) is 1.80. The van der Waals surface area contributed by atoms with Gasteiger partial charge in [0, 0.05) is 11.8 Å². The van der Waals surface area contributed by atoms with Gasteiger partial charge in [-0.3, -0.25) is 0 Å². The topological polar surface area (TPSA) is 35.2 Å². The zero-order valence-electron chi connectivity index (χ0n) is 7.66. The minimum absolute atomic E-state index is 0.0539. The molecular formula is C9H10ClF2NOS. The summed E-state index contributed by atoms with van der Waals surface area (Å²) in [5.74, 6) is 0.396. The quantitative estimate of drug-likeness (QED) is 0.810. The van der Waals surface area contributed by atoms with E-state index in [9.17, 15) is 8.78 Å². The molecule has 1 aromatic carbocycles. The van der Waals surface area contributed by atoms with Crippen molar-refractivity contribution in [1.82, 2.24) is 0 Å². The van der Waals surface area contributed by atoms with E-state index in [1.165, 1.54) is 12.1 Å². The molecule has 84 valence electrons. The molecule has 1 rings (SSSR count). The molecule has 0 saturated heterocycles. The molecule has 0 amide bonds. The van der Waals surface area contributed by atoms with Crippen molar-refractivity contribution >= 4 is 24.2 Å². The van der Waals surface area contributed by atoms with Crippen LogP contribution >= 0.6 is 24.2 Å². The summed E-state index contributed by atoms with van der Waals surface area (Å²) < 4.78 is 28.0. The summed E-state index contributed by atoms with van der Waals surface area (Å²) in [7, 11) is 0. The van der Waals surface area contributed by atoms with Crippen LogP contribution in [0.2, 0.25) is 5.02 Å². The van der Waals surface area contributed by atoms with Gasteiger partial charge in [0.1, 0.15) is 5.75 Å². The SMILES string of the molecule is NC(CS)c1ccc(OC(F)F)c(Cl)c1. The minimum Gasteiger partial charge on any atom is -0.433 e. The highest BCUT2D eigenvalue weighted by molar-refractivity contribution is 7.80. The lowest BCUT2D eigenvalue weighted by atomic mass is 10.1. The summed E-state index contributed by atoms with van der Waals surface area (Å²) >= 11 is 9.76. The number of benzene rings is 1. The molecule has 0 heterocycles. The molecule has 0 aliphatic rings. The van der Waals surface area contributed by atoms with Gasteiger partial charge in [0.25, 0.3) is 0 Å². The van der Waals surface area contributed by atoms with E-state index in [0.29, 0.717) is 5.75 Å². The highest BCUT2D eigenvalue weighted by Crippen LogP contribution is 2.28. The lowest BCUT2D eigenvalue weighted by Gasteiger charge is -2.11. The number of hydrogen-bond donors (Lipinski definition) is 2. The maximum atomic E-state index is 11.9. The van der Waals surface area contributed by atoms with E-state index in [4.69, 9.17) is 17.3 Å². The normalized spacial score (nSPS) is 12.9. The molecule has 15 heavy (non-hydrogen) atoms. The zero-order valence-corrected chi connectivity index (χ0v) is 9.31. The van der Waals surface area contributed by atoms with Crippen LogP contribution in [0.4, 0.5) is 8.78 Å². The van der Waals surface area contributed by atoms with Gasteiger partial charge < -0.3 is 10.5 Å². The summed E-state index contributed by atoms with van der Waals surface area (Å²) in [4.78, 5) is 0. The number of rotatable bonds is 4. The molecule has 0 aliphatic carbocycles. The van der Waals surface area contributed by atoms with Crippen molar-refractivity contribution in [3.05, 3.63) is 28.8 Å². The van der Waals surface area contributed by atoms with Gasteiger partial charge in [-0.2, -0.15) is 21.4 Å². The fourth-order valence-corrected chi connectivity index (χ4v) is 1.49. The van der Waals surface area contributed by atoms with Crippen molar-refractivity contribution in [3.63, 3.8) is 0 Å². The predicted octanol–water partition coefficient (Wildman–Crippen LogP) is 2.87. The van der Waals surface area contributed by atoms with E-state index in [1.807, 2.05) is 0 Å². The van der Waals surface area contributed by atoms with Gasteiger partial charge >= 0.3 is 6.61 Å². The van der Waals surface area contributed by atoms with Crippen molar-refractivity contribution in [3.8, 4) is 5.75 Å². The first-order valence-corrected chi connectivity index (χ1v) is 5.16. The molecule has 0 aromatic heterocycles. The minimum atomic E-state index is -2.88. The number of thiol groups is 1. The Labute approximate surface area is 96.8 Å².